The van der Waals surface area contributed by atoms with Crippen LogP contribution in [0, 0.1) is 6.92 Å². The van der Waals surface area contributed by atoms with E-state index in [9.17, 15) is 0 Å². The van der Waals surface area contributed by atoms with Gasteiger partial charge >= 0.3 is 0 Å². The Labute approximate surface area is 262 Å². The fraction of sp³-hybridized carbons (Fsp3) is 0.0233. The van der Waals surface area contributed by atoms with Crippen molar-refractivity contribution in [1.29, 1.82) is 0 Å². The highest BCUT2D eigenvalue weighted by molar-refractivity contribution is 6.12. The molecular formula is C43H30N2. The summed E-state index contributed by atoms with van der Waals surface area (Å²) in [6.07, 6.45) is 0. The molecule has 2 nitrogen and oxygen atoms in total. The van der Waals surface area contributed by atoms with Crippen molar-refractivity contribution in [3.05, 3.63) is 169 Å². The average molecular weight is 575 g/mol. The summed E-state index contributed by atoms with van der Waals surface area (Å²) in [6.45, 7) is 2.17. The molecule has 0 bridgehead atoms. The Kier molecular flexibility index (Phi) is 5.76. The van der Waals surface area contributed by atoms with Crippen molar-refractivity contribution in [3.63, 3.8) is 0 Å². The van der Waals surface area contributed by atoms with Crippen molar-refractivity contribution in [3.8, 4) is 33.6 Å². The van der Waals surface area contributed by atoms with Crippen molar-refractivity contribution < 1.29 is 0 Å². The van der Waals surface area contributed by atoms with E-state index < -0.39 is 0 Å². The van der Waals surface area contributed by atoms with Gasteiger partial charge in [0.25, 0.3) is 0 Å². The summed E-state index contributed by atoms with van der Waals surface area (Å²) in [7, 11) is 0. The molecule has 0 amide bonds. The van der Waals surface area contributed by atoms with Gasteiger partial charge in [-0.3, -0.25) is 0 Å². The minimum atomic E-state index is 1.17. The van der Waals surface area contributed by atoms with E-state index in [4.69, 9.17) is 0 Å². The smallest absolute Gasteiger partial charge is 0.0543 e. The molecule has 0 aliphatic carbocycles. The number of fused-ring (bicyclic) bond motifs is 6. The van der Waals surface area contributed by atoms with Crippen LogP contribution in [0.4, 0.5) is 0 Å². The molecule has 9 rings (SSSR count). The fourth-order valence-corrected chi connectivity index (χ4v) is 7.03. The van der Waals surface area contributed by atoms with E-state index in [1.165, 1.54) is 82.8 Å². The summed E-state index contributed by atoms with van der Waals surface area (Å²) < 4.78 is 4.78. The second-order valence-corrected chi connectivity index (χ2v) is 11.9. The second kappa shape index (κ2) is 10.1. The molecule has 0 aliphatic heterocycles. The number of aromatic nitrogens is 2. The first-order valence-electron chi connectivity index (χ1n) is 15.5. The third-order valence-corrected chi connectivity index (χ3v) is 9.17. The van der Waals surface area contributed by atoms with E-state index in [2.05, 4.69) is 180 Å². The highest BCUT2D eigenvalue weighted by Gasteiger charge is 2.16. The largest absolute Gasteiger partial charge is 0.309 e. The zero-order valence-electron chi connectivity index (χ0n) is 25.0. The van der Waals surface area contributed by atoms with Crippen LogP contribution in [0.3, 0.4) is 0 Å². The highest BCUT2D eigenvalue weighted by Crippen LogP contribution is 2.38. The van der Waals surface area contributed by atoms with Crippen LogP contribution in [0.1, 0.15) is 5.56 Å². The van der Waals surface area contributed by atoms with Crippen LogP contribution in [0.2, 0.25) is 0 Å². The Morgan fingerprint density at radius 2 is 0.800 bits per heavy atom. The maximum Gasteiger partial charge on any atom is 0.0543 e. The third-order valence-electron chi connectivity index (χ3n) is 9.17. The van der Waals surface area contributed by atoms with Crippen molar-refractivity contribution in [2.24, 2.45) is 0 Å². The molecule has 7 aromatic carbocycles. The first-order chi connectivity index (χ1) is 22.2. The molecule has 2 heteroatoms. The van der Waals surface area contributed by atoms with E-state index in [1.54, 1.807) is 0 Å². The lowest BCUT2D eigenvalue weighted by Gasteiger charge is -2.10. The third kappa shape index (κ3) is 4.11. The van der Waals surface area contributed by atoms with E-state index in [-0.39, 0.29) is 0 Å². The molecule has 212 valence electrons. The molecule has 2 aromatic heterocycles. The van der Waals surface area contributed by atoms with Gasteiger partial charge in [0.2, 0.25) is 0 Å². The second-order valence-electron chi connectivity index (χ2n) is 11.9. The highest BCUT2D eigenvalue weighted by atomic mass is 15.0. The predicted octanol–water partition coefficient (Wildman–Crippen LogP) is 11.5. The molecule has 0 atom stereocenters. The summed E-state index contributed by atoms with van der Waals surface area (Å²) in [6, 6.07) is 59.6. The molecule has 0 aliphatic rings. The number of aryl methyl sites for hydroxylation is 1. The maximum atomic E-state index is 2.39. The van der Waals surface area contributed by atoms with Crippen LogP contribution < -0.4 is 0 Å². The fourth-order valence-electron chi connectivity index (χ4n) is 7.03. The minimum Gasteiger partial charge on any atom is -0.309 e. The standard InChI is InChI=1S/C43H30N2/c1-29-16-23-37-39-28-33(20-25-42(39)45(43(37)26-29)34-12-6-3-7-13-34)32-19-24-41-38(27-32)36-14-8-9-15-40(36)44(41)35-21-17-31(18-22-35)30-10-4-2-5-11-30/h2-28H,1H3. The van der Waals surface area contributed by atoms with E-state index in [0.717, 1.165) is 0 Å². The average Bonchev–Trinajstić information content (AvgIpc) is 3.60. The number of hydrogen-bond donors (Lipinski definition) is 0. The van der Waals surface area contributed by atoms with E-state index >= 15 is 0 Å². The zero-order valence-corrected chi connectivity index (χ0v) is 25.0. The van der Waals surface area contributed by atoms with Crippen LogP contribution in [-0.2, 0) is 0 Å². The van der Waals surface area contributed by atoms with Gasteiger partial charge in [-0.1, -0.05) is 103 Å². The van der Waals surface area contributed by atoms with E-state index in [1.807, 2.05) is 0 Å². The Morgan fingerprint density at radius 3 is 1.49 bits per heavy atom. The van der Waals surface area contributed by atoms with Gasteiger partial charge in [0.15, 0.2) is 0 Å². The van der Waals surface area contributed by atoms with Crippen LogP contribution in [-0.4, -0.2) is 9.13 Å². The van der Waals surface area contributed by atoms with Crippen LogP contribution >= 0.6 is 0 Å². The van der Waals surface area contributed by atoms with Gasteiger partial charge in [-0.25, -0.2) is 0 Å². The first kappa shape index (κ1) is 25.6. The van der Waals surface area contributed by atoms with Crippen LogP contribution in [0.15, 0.2) is 164 Å². The number of nitrogens with zero attached hydrogens (tertiary/aromatic N) is 2. The summed E-state index contributed by atoms with van der Waals surface area (Å²) in [5.74, 6) is 0. The monoisotopic (exact) mass is 574 g/mol. The number of rotatable bonds is 4. The summed E-state index contributed by atoms with van der Waals surface area (Å²) >= 11 is 0. The SMILES string of the molecule is Cc1ccc2c3cc(-c4ccc5c(c4)c4ccccc4n5-c4ccc(-c5ccccc5)cc4)ccc3n(-c3ccccc3)c2c1. The first-order valence-corrected chi connectivity index (χ1v) is 15.5. The molecule has 0 unspecified atom stereocenters. The molecule has 0 radical (unpaired) electrons. The topological polar surface area (TPSA) is 9.86 Å². The quantitative estimate of drug-likeness (QED) is 0.198. The summed E-state index contributed by atoms with van der Waals surface area (Å²) in [5.41, 5.74) is 13.4. The van der Waals surface area contributed by atoms with Crippen LogP contribution in [0.25, 0.3) is 77.2 Å². The van der Waals surface area contributed by atoms with Crippen molar-refractivity contribution in [1.82, 2.24) is 9.13 Å². The number of para-hydroxylation sites is 2. The van der Waals surface area contributed by atoms with Gasteiger partial charge in [0.05, 0.1) is 22.1 Å². The Balaban J connectivity index is 1.20. The Hall–Kier alpha value is -5.86. The van der Waals surface area contributed by atoms with Gasteiger partial charge in [0.1, 0.15) is 0 Å². The van der Waals surface area contributed by atoms with Crippen molar-refractivity contribution >= 4 is 43.6 Å². The predicted molar refractivity (Wildman–Crippen MR) is 191 cm³/mol. The lowest BCUT2D eigenvalue weighted by atomic mass is 10.0. The van der Waals surface area contributed by atoms with Gasteiger partial charge in [-0.15, -0.1) is 0 Å². The number of hydrogen-bond acceptors (Lipinski definition) is 0. The molecule has 0 N–H and O–H groups in total. The van der Waals surface area contributed by atoms with Crippen molar-refractivity contribution in [2.45, 2.75) is 6.92 Å². The molecule has 0 saturated heterocycles. The molecule has 0 spiro atoms. The molecule has 2 heterocycles. The van der Waals surface area contributed by atoms with Gasteiger partial charge in [-0.2, -0.15) is 0 Å². The van der Waals surface area contributed by atoms with Gasteiger partial charge in [-0.05, 0) is 95.4 Å². The summed E-state index contributed by atoms with van der Waals surface area (Å²) in [5, 5.41) is 5.07. The van der Waals surface area contributed by atoms with Gasteiger partial charge < -0.3 is 9.13 Å². The van der Waals surface area contributed by atoms with Crippen molar-refractivity contribution in [2.75, 3.05) is 0 Å². The van der Waals surface area contributed by atoms with Gasteiger partial charge in [0, 0.05) is 32.9 Å². The molecule has 45 heavy (non-hydrogen) atoms. The lowest BCUT2D eigenvalue weighted by molar-refractivity contribution is 1.18. The Morgan fingerprint density at radius 1 is 0.311 bits per heavy atom. The Bertz CT molecular complexity index is 2510. The minimum absolute atomic E-state index is 1.17. The maximum absolute atomic E-state index is 2.39. The molecule has 9 aromatic rings. The molecular weight excluding hydrogens is 544 g/mol. The number of benzene rings is 7. The zero-order chi connectivity index (χ0) is 29.9. The summed E-state index contributed by atoms with van der Waals surface area (Å²) in [4.78, 5) is 0. The lowest BCUT2D eigenvalue weighted by Crippen LogP contribution is -1.94. The van der Waals surface area contributed by atoms with E-state index in [0.29, 0.717) is 0 Å². The molecule has 0 fully saturated rings. The van der Waals surface area contributed by atoms with Crippen LogP contribution in [0.5, 0.6) is 0 Å². The molecule has 0 saturated carbocycles. The normalized spacial score (nSPS) is 11.7.